The number of aldehydes is 3. The first kappa shape index (κ1) is 67.3. The molecule has 444 valence electrons. The summed E-state index contributed by atoms with van der Waals surface area (Å²) >= 11 is 0. The molecule has 3 fully saturated rings. The Labute approximate surface area is 480 Å². The smallest absolute Gasteiger partial charge is 0.429 e. The quantitative estimate of drug-likeness (QED) is 0.0106. The molecule has 7 rings (SSSR count). The third-order valence-electron chi connectivity index (χ3n) is 17.4. The lowest BCUT2D eigenvalue weighted by Gasteiger charge is -2.55. The highest BCUT2D eigenvalue weighted by molar-refractivity contribution is 5.78. The summed E-state index contributed by atoms with van der Waals surface area (Å²) in [7, 11) is 7.03. The molecular formula is C66H102N5O9+. The summed E-state index contributed by atoms with van der Waals surface area (Å²) in [6, 6.07) is 24.0. The number of amides is 1. The van der Waals surface area contributed by atoms with Crippen molar-refractivity contribution in [2.24, 2.45) is 46.8 Å². The highest BCUT2D eigenvalue weighted by Gasteiger charge is 2.54. The van der Waals surface area contributed by atoms with Crippen LogP contribution in [-0.2, 0) is 41.7 Å². The van der Waals surface area contributed by atoms with E-state index in [1.807, 2.05) is 68.7 Å². The minimum absolute atomic E-state index is 0.0358. The molecule has 0 bridgehead atoms. The van der Waals surface area contributed by atoms with Crippen molar-refractivity contribution in [2.45, 2.75) is 175 Å². The van der Waals surface area contributed by atoms with Gasteiger partial charge >= 0.3 is 6.16 Å². The zero-order valence-electron chi connectivity index (χ0n) is 50.2. The van der Waals surface area contributed by atoms with Crippen molar-refractivity contribution in [3.8, 4) is 5.75 Å². The van der Waals surface area contributed by atoms with Gasteiger partial charge in [0.1, 0.15) is 38.3 Å². The molecule has 11 atom stereocenters. The van der Waals surface area contributed by atoms with E-state index < -0.39 is 6.16 Å². The lowest BCUT2D eigenvalue weighted by Crippen LogP contribution is -3.01. The van der Waals surface area contributed by atoms with E-state index in [9.17, 15) is 29.2 Å². The summed E-state index contributed by atoms with van der Waals surface area (Å²) in [5.74, 6) is 6.83. The second-order valence-electron chi connectivity index (χ2n) is 23.3. The maximum atomic E-state index is 11.6. The predicted octanol–water partition coefficient (Wildman–Crippen LogP) is 11.5. The van der Waals surface area contributed by atoms with Crippen LogP contribution >= 0.6 is 0 Å². The zero-order chi connectivity index (χ0) is 58.3. The van der Waals surface area contributed by atoms with Gasteiger partial charge in [0.05, 0.1) is 18.2 Å². The molecule has 3 aromatic rings. The number of allylic oxidation sites excluding steroid dienone is 1. The van der Waals surface area contributed by atoms with Crippen LogP contribution in [0.5, 0.6) is 5.75 Å². The number of benzene rings is 3. The number of rotatable bonds is 27. The number of ether oxygens (including phenoxy) is 3. The van der Waals surface area contributed by atoms with Gasteiger partial charge in [-0.2, -0.15) is 5.06 Å². The molecule has 8 unspecified atom stereocenters. The van der Waals surface area contributed by atoms with Crippen molar-refractivity contribution in [2.75, 3.05) is 46.7 Å². The minimum Gasteiger partial charge on any atom is -0.429 e. The third-order valence-corrected chi connectivity index (χ3v) is 17.4. The van der Waals surface area contributed by atoms with E-state index >= 15 is 0 Å². The summed E-state index contributed by atoms with van der Waals surface area (Å²) in [5.41, 5.74) is 5.80. The van der Waals surface area contributed by atoms with E-state index in [0.29, 0.717) is 48.9 Å². The van der Waals surface area contributed by atoms with Gasteiger partial charge in [-0.15, -0.1) is 0 Å². The Hall–Kier alpha value is -5.25. The number of likely N-dealkylation sites (N-methyl/N-ethyl adjacent to an activating group) is 2. The van der Waals surface area contributed by atoms with Crippen LogP contribution in [0.3, 0.4) is 0 Å². The van der Waals surface area contributed by atoms with E-state index in [1.165, 1.54) is 69.8 Å². The van der Waals surface area contributed by atoms with E-state index in [2.05, 4.69) is 62.0 Å². The summed E-state index contributed by atoms with van der Waals surface area (Å²) in [6.45, 7) is 13.5. The van der Waals surface area contributed by atoms with Gasteiger partial charge in [-0.05, 0) is 167 Å². The Morgan fingerprint density at radius 3 is 2.11 bits per heavy atom. The predicted molar refractivity (Wildman–Crippen MR) is 320 cm³/mol. The number of carbonyl (C=O) groups is 5. The highest BCUT2D eigenvalue weighted by Crippen LogP contribution is 2.63. The Morgan fingerprint density at radius 1 is 0.787 bits per heavy atom. The van der Waals surface area contributed by atoms with Crippen molar-refractivity contribution in [1.82, 2.24) is 16.0 Å². The van der Waals surface area contributed by atoms with Gasteiger partial charge in [0.2, 0.25) is 5.91 Å². The van der Waals surface area contributed by atoms with Crippen molar-refractivity contribution in [3.63, 3.8) is 0 Å². The van der Waals surface area contributed by atoms with E-state index in [1.54, 1.807) is 43.9 Å². The lowest BCUT2D eigenvalue weighted by atomic mass is 9.50. The Bertz CT molecular complexity index is 2260. The molecule has 3 aromatic carbocycles. The minimum atomic E-state index is -0.768. The fraction of sp³-hybridized carbons (Fsp3) is 0.621. The molecule has 80 heavy (non-hydrogen) atoms. The monoisotopic (exact) mass is 1110 g/mol. The van der Waals surface area contributed by atoms with Gasteiger partial charge in [0, 0.05) is 50.9 Å². The molecule has 0 aliphatic heterocycles. The van der Waals surface area contributed by atoms with E-state index in [0.717, 1.165) is 110 Å². The average molecular weight is 1110 g/mol. The van der Waals surface area contributed by atoms with Gasteiger partial charge in [-0.1, -0.05) is 121 Å². The molecule has 14 nitrogen and oxygen atoms in total. The second-order valence-corrected chi connectivity index (χ2v) is 23.3. The van der Waals surface area contributed by atoms with Crippen LogP contribution in [-0.4, -0.2) is 95.7 Å². The fourth-order valence-corrected chi connectivity index (χ4v) is 12.7. The normalized spacial score (nSPS) is 23.1. The molecule has 6 N–H and O–H groups in total. The van der Waals surface area contributed by atoms with Crippen molar-refractivity contribution >= 4 is 42.3 Å². The number of hydrogen-bond acceptors (Lipinski definition) is 12. The topological polar surface area (TPSA) is 186 Å². The highest BCUT2D eigenvalue weighted by atomic mass is 16.7. The van der Waals surface area contributed by atoms with Gasteiger partial charge in [-0.25, -0.2) is 10.0 Å². The molecule has 0 saturated heterocycles. The van der Waals surface area contributed by atoms with Crippen LogP contribution in [0.25, 0.3) is 0 Å². The first-order chi connectivity index (χ1) is 38.6. The Balaban J connectivity index is 0.000000268. The van der Waals surface area contributed by atoms with Crippen molar-refractivity contribution < 1.29 is 48.5 Å². The molecule has 4 aliphatic carbocycles. The lowest BCUT2D eigenvalue weighted by molar-refractivity contribution is -1.02. The van der Waals surface area contributed by atoms with Crippen molar-refractivity contribution in [3.05, 3.63) is 102 Å². The van der Waals surface area contributed by atoms with Crippen LogP contribution in [0, 0.1) is 46.8 Å². The number of unbranched alkanes of at least 4 members (excludes halogenated alkanes) is 1. The van der Waals surface area contributed by atoms with Crippen LogP contribution in [0.2, 0.25) is 0 Å². The molecule has 3 saturated carbocycles. The number of hydroxylamine groups is 1. The van der Waals surface area contributed by atoms with E-state index in [-0.39, 0.29) is 29.7 Å². The number of anilines is 1. The molecule has 0 aromatic heterocycles. The Morgan fingerprint density at radius 2 is 1.49 bits per heavy atom. The van der Waals surface area contributed by atoms with Crippen LogP contribution in [0.15, 0.2) is 90.5 Å². The van der Waals surface area contributed by atoms with Crippen molar-refractivity contribution in [1.29, 1.82) is 0 Å². The van der Waals surface area contributed by atoms with Crippen LogP contribution in [0.4, 0.5) is 16.2 Å². The average Bonchev–Trinajstić information content (AvgIpc) is 4.11. The summed E-state index contributed by atoms with van der Waals surface area (Å²) in [6.07, 6.45) is 25.4. The van der Waals surface area contributed by atoms with Crippen LogP contribution < -0.4 is 31.1 Å². The zero-order valence-corrected chi connectivity index (χ0v) is 50.2. The third kappa shape index (κ3) is 22.6. The summed E-state index contributed by atoms with van der Waals surface area (Å²) in [5, 5.41) is 21.3. The molecule has 1 amide bonds. The molecule has 14 heteroatoms. The first-order valence-corrected chi connectivity index (χ1v) is 30.2. The second kappa shape index (κ2) is 37.0. The molecule has 4 aliphatic rings. The molecule has 0 heterocycles. The SMILES string of the molecule is CC(C)CCCC(C)C1CCC2C1CCC1C2CC=C2C[C@@H](OCCCNC(=O)CCC=O)CC[C@@]21C.CCCC[C@@H](C=O)NC.CNC(C=O)Cc1ccccc1.CNc1ccc(COC(=O)Oc2ccc([NH+](C)O)cc2)cc1. The number of carbonyl (C=O) groups excluding carboxylic acids is 5. The van der Waals surface area contributed by atoms with Gasteiger partial charge in [-0.3, -0.25) is 4.79 Å². The standard InChI is InChI=1S/C33H55NO3.C16H18N2O4.C10H13NO.C7H15NO/c1-23(2)8-5-9-24(3)27-13-14-29-28(27)15-16-31-30(29)12-11-25-22-26(17-18-33(25,31)4)37-21-7-19-34-32(36)10-6-20-35;1-17-13-5-3-12(4-6-13)11-21-16(19)22-15-9-7-14(8-10-15)18(2)20;1-11-10(8-12)7-9-5-3-2-4-6-9;1-3-4-5-7(6-9)8-2/h11,20,23-24,26-31H,5-10,12-19,21-22H2,1-4H3,(H,34,36);3-10,17,20H,11H2,1-2H3;2-6,8,10-11H,7H2,1H3;6-8H,3-5H2,1-2H3/p+1/t24?,26-,27?,28?,29?,30?,31?,33-;;;7-/m0..0/s1. The molecule has 0 spiro atoms. The largest absolute Gasteiger partial charge is 0.514 e. The number of hydrogen-bond donors (Lipinski definition) is 6. The number of quaternary nitrogens is 1. The van der Waals surface area contributed by atoms with Gasteiger partial charge in [0.15, 0.2) is 5.69 Å². The fourth-order valence-electron chi connectivity index (χ4n) is 12.7. The van der Waals surface area contributed by atoms with Crippen LogP contribution in [0.1, 0.15) is 155 Å². The Kier molecular flexibility index (Phi) is 31.1. The molecular weight excluding hydrogens is 1010 g/mol. The summed E-state index contributed by atoms with van der Waals surface area (Å²) in [4.78, 5) is 54.3. The molecule has 0 radical (unpaired) electrons. The van der Waals surface area contributed by atoms with Gasteiger partial charge in [0.25, 0.3) is 0 Å². The summed E-state index contributed by atoms with van der Waals surface area (Å²) < 4.78 is 16.4. The number of fused-ring (bicyclic) bond motifs is 5. The van der Waals surface area contributed by atoms with Gasteiger partial charge < -0.3 is 49.9 Å². The number of nitrogens with one attached hydrogen (secondary N) is 5. The maximum Gasteiger partial charge on any atom is 0.514 e. The van der Waals surface area contributed by atoms with E-state index in [4.69, 9.17) is 14.2 Å². The maximum absolute atomic E-state index is 11.6. The first-order valence-electron chi connectivity index (χ1n) is 30.2.